The van der Waals surface area contributed by atoms with Crippen LogP contribution in [0.1, 0.15) is 49.6 Å². The fourth-order valence-electron chi connectivity index (χ4n) is 3.89. The second-order valence-electron chi connectivity index (χ2n) is 7.07. The van der Waals surface area contributed by atoms with E-state index in [2.05, 4.69) is 29.2 Å². The van der Waals surface area contributed by atoms with Gasteiger partial charge in [-0.05, 0) is 50.9 Å². The number of carbonyl (C=O) groups is 1. The molecule has 2 aliphatic heterocycles. The van der Waals surface area contributed by atoms with E-state index in [1.54, 1.807) is 0 Å². The molecule has 0 spiro atoms. The SMILES string of the molecule is CCN(CC)CC1CCN(C(=O)c2ccn(C3CCCNC3)n2)C1.Cl. The monoisotopic (exact) mass is 369 g/mol. The number of carbonyl (C=O) groups excluding carboxylic acids is 1. The summed E-state index contributed by atoms with van der Waals surface area (Å²) >= 11 is 0. The van der Waals surface area contributed by atoms with E-state index in [0.29, 0.717) is 17.7 Å². The van der Waals surface area contributed by atoms with Crippen LogP contribution in [-0.2, 0) is 0 Å². The molecule has 0 radical (unpaired) electrons. The molecule has 6 nitrogen and oxygen atoms in total. The van der Waals surface area contributed by atoms with Crippen LogP contribution in [-0.4, -0.2) is 71.3 Å². The van der Waals surface area contributed by atoms with Crippen LogP contribution in [0, 0.1) is 5.92 Å². The summed E-state index contributed by atoms with van der Waals surface area (Å²) in [6, 6.07) is 2.27. The van der Waals surface area contributed by atoms with Crippen LogP contribution < -0.4 is 5.32 Å². The van der Waals surface area contributed by atoms with Crippen LogP contribution in [0.2, 0.25) is 0 Å². The van der Waals surface area contributed by atoms with Crippen molar-refractivity contribution in [2.24, 2.45) is 5.92 Å². The van der Waals surface area contributed by atoms with E-state index in [4.69, 9.17) is 0 Å². The normalized spacial score (nSPS) is 23.7. The molecule has 1 aromatic heterocycles. The first kappa shape index (κ1) is 20.2. The Balaban J connectivity index is 0.00000225. The second-order valence-corrected chi connectivity index (χ2v) is 7.07. The number of aromatic nitrogens is 2. The van der Waals surface area contributed by atoms with Crippen molar-refractivity contribution in [2.45, 2.75) is 39.2 Å². The molecule has 142 valence electrons. The van der Waals surface area contributed by atoms with Gasteiger partial charge in [0.15, 0.2) is 0 Å². The molecule has 2 atom stereocenters. The van der Waals surface area contributed by atoms with Crippen LogP contribution in [0.4, 0.5) is 0 Å². The lowest BCUT2D eigenvalue weighted by Gasteiger charge is -2.23. The fourth-order valence-corrected chi connectivity index (χ4v) is 3.89. The molecular formula is C18H32ClN5O. The van der Waals surface area contributed by atoms with E-state index in [1.165, 1.54) is 6.42 Å². The summed E-state index contributed by atoms with van der Waals surface area (Å²) in [7, 11) is 0. The van der Waals surface area contributed by atoms with Gasteiger partial charge in [-0.3, -0.25) is 9.48 Å². The van der Waals surface area contributed by atoms with Crippen molar-refractivity contribution >= 4 is 18.3 Å². The Morgan fingerprint density at radius 1 is 1.36 bits per heavy atom. The minimum Gasteiger partial charge on any atom is -0.337 e. The number of hydrogen-bond acceptors (Lipinski definition) is 4. The van der Waals surface area contributed by atoms with Gasteiger partial charge in [0.1, 0.15) is 5.69 Å². The van der Waals surface area contributed by atoms with E-state index in [-0.39, 0.29) is 18.3 Å². The lowest BCUT2D eigenvalue weighted by atomic mass is 10.1. The first-order valence-corrected chi connectivity index (χ1v) is 9.48. The molecule has 2 unspecified atom stereocenters. The largest absolute Gasteiger partial charge is 0.337 e. The van der Waals surface area contributed by atoms with Gasteiger partial charge in [-0.25, -0.2) is 0 Å². The highest BCUT2D eigenvalue weighted by Crippen LogP contribution is 2.21. The standard InChI is InChI=1S/C18H31N5O.ClH/c1-3-21(4-2)13-15-7-10-22(14-15)18(24)17-8-11-23(20-17)16-6-5-9-19-12-16;/h8,11,15-16,19H,3-7,9-10,12-14H2,1-2H3;1H. The molecule has 3 rings (SSSR count). The lowest BCUT2D eigenvalue weighted by Crippen LogP contribution is -2.34. The summed E-state index contributed by atoms with van der Waals surface area (Å²) in [5.41, 5.74) is 0.601. The van der Waals surface area contributed by atoms with Crippen molar-refractivity contribution in [3.8, 4) is 0 Å². The van der Waals surface area contributed by atoms with Gasteiger partial charge in [0.25, 0.3) is 5.91 Å². The number of likely N-dealkylation sites (tertiary alicyclic amines) is 1. The van der Waals surface area contributed by atoms with Crippen molar-refractivity contribution in [3.05, 3.63) is 18.0 Å². The van der Waals surface area contributed by atoms with Crippen molar-refractivity contribution < 1.29 is 4.79 Å². The Morgan fingerprint density at radius 3 is 2.84 bits per heavy atom. The van der Waals surface area contributed by atoms with Gasteiger partial charge in [-0.1, -0.05) is 13.8 Å². The van der Waals surface area contributed by atoms with E-state index in [9.17, 15) is 4.79 Å². The van der Waals surface area contributed by atoms with Gasteiger partial charge in [-0.15, -0.1) is 12.4 Å². The number of amides is 1. The van der Waals surface area contributed by atoms with Crippen LogP contribution >= 0.6 is 12.4 Å². The van der Waals surface area contributed by atoms with Gasteiger partial charge in [0.05, 0.1) is 6.04 Å². The summed E-state index contributed by atoms with van der Waals surface area (Å²) in [6.45, 7) is 11.4. The number of rotatable bonds is 6. The van der Waals surface area contributed by atoms with Crippen molar-refractivity contribution in [2.75, 3.05) is 45.8 Å². The van der Waals surface area contributed by atoms with Crippen molar-refractivity contribution in [1.82, 2.24) is 24.9 Å². The average molecular weight is 370 g/mol. The molecule has 0 aromatic carbocycles. The quantitative estimate of drug-likeness (QED) is 0.833. The minimum atomic E-state index is 0. The molecule has 7 heteroatoms. The highest BCUT2D eigenvalue weighted by molar-refractivity contribution is 5.92. The second kappa shape index (κ2) is 9.55. The Labute approximate surface area is 157 Å². The maximum atomic E-state index is 12.7. The molecule has 2 fully saturated rings. The zero-order chi connectivity index (χ0) is 16.9. The predicted octanol–water partition coefficient (Wildman–Crippen LogP) is 2.03. The molecule has 0 aliphatic carbocycles. The topological polar surface area (TPSA) is 53.4 Å². The van der Waals surface area contributed by atoms with Gasteiger partial charge >= 0.3 is 0 Å². The molecule has 25 heavy (non-hydrogen) atoms. The zero-order valence-electron chi connectivity index (χ0n) is 15.5. The summed E-state index contributed by atoms with van der Waals surface area (Å²) in [6.07, 6.45) is 5.38. The highest BCUT2D eigenvalue weighted by Gasteiger charge is 2.29. The molecule has 2 aliphatic rings. The molecule has 1 amide bonds. The van der Waals surface area contributed by atoms with Crippen LogP contribution in [0.5, 0.6) is 0 Å². The number of halogens is 1. The molecule has 0 bridgehead atoms. The van der Waals surface area contributed by atoms with E-state index >= 15 is 0 Å². The van der Waals surface area contributed by atoms with Crippen LogP contribution in [0.25, 0.3) is 0 Å². The van der Waals surface area contributed by atoms with Crippen LogP contribution in [0.3, 0.4) is 0 Å². The summed E-state index contributed by atoms with van der Waals surface area (Å²) in [4.78, 5) is 17.2. The van der Waals surface area contributed by atoms with Gasteiger partial charge in [-0.2, -0.15) is 5.10 Å². The smallest absolute Gasteiger partial charge is 0.274 e. The minimum absolute atomic E-state index is 0. The number of hydrogen-bond donors (Lipinski definition) is 1. The molecule has 1 N–H and O–H groups in total. The average Bonchev–Trinajstić information content (AvgIpc) is 3.29. The molecule has 3 heterocycles. The van der Waals surface area contributed by atoms with E-state index in [0.717, 1.165) is 58.7 Å². The number of piperidine rings is 1. The third-order valence-corrected chi connectivity index (χ3v) is 5.46. The highest BCUT2D eigenvalue weighted by atomic mass is 35.5. The van der Waals surface area contributed by atoms with Crippen LogP contribution in [0.15, 0.2) is 12.3 Å². The Morgan fingerprint density at radius 2 is 2.16 bits per heavy atom. The maximum absolute atomic E-state index is 12.7. The molecule has 1 aromatic rings. The fraction of sp³-hybridized carbons (Fsp3) is 0.778. The summed E-state index contributed by atoms with van der Waals surface area (Å²) < 4.78 is 1.98. The number of nitrogens with one attached hydrogen (secondary N) is 1. The molecule has 0 saturated carbocycles. The molecular weight excluding hydrogens is 338 g/mol. The third-order valence-electron chi connectivity index (χ3n) is 5.46. The predicted molar refractivity (Wildman–Crippen MR) is 102 cm³/mol. The zero-order valence-corrected chi connectivity index (χ0v) is 16.3. The number of nitrogens with zero attached hydrogens (tertiary/aromatic N) is 4. The van der Waals surface area contributed by atoms with Crippen molar-refractivity contribution in [3.63, 3.8) is 0 Å². The first-order valence-electron chi connectivity index (χ1n) is 9.48. The van der Waals surface area contributed by atoms with E-state index < -0.39 is 0 Å². The Kier molecular flexibility index (Phi) is 7.72. The third kappa shape index (κ3) is 4.96. The first-order chi connectivity index (χ1) is 11.7. The summed E-state index contributed by atoms with van der Waals surface area (Å²) in [5, 5.41) is 7.97. The van der Waals surface area contributed by atoms with E-state index in [1.807, 2.05) is 21.8 Å². The van der Waals surface area contributed by atoms with Gasteiger partial charge in [0.2, 0.25) is 0 Å². The van der Waals surface area contributed by atoms with Crippen molar-refractivity contribution in [1.29, 1.82) is 0 Å². The summed E-state index contributed by atoms with van der Waals surface area (Å²) in [5.74, 6) is 0.693. The lowest BCUT2D eigenvalue weighted by molar-refractivity contribution is 0.0776. The molecule has 2 saturated heterocycles. The van der Waals surface area contributed by atoms with Gasteiger partial charge in [0, 0.05) is 32.4 Å². The Bertz CT molecular complexity index is 539. The maximum Gasteiger partial charge on any atom is 0.274 e. The Hall–Kier alpha value is -1.11. The van der Waals surface area contributed by atoms with Gasteiger partial charge < -0.3 is 15.1 Å².